The number of fused-ring (bicyclic) bond motifs is 2. The van der Waals surface area contributed by atoms with Crippen molar-refractivity contribution in [2.24, 2.45) is 0 Å². The highest BCUT2D eigenvalue weighted by molar-refractivity contribution is 6.00. The molecule has 2 aliphatic rings. The number of carbonyl (C=O) groups excluding carboxylic acids is 1. The maximum atomic E-state index is 14.2. The van der Waals surface area contributed by atoms with E-state index in [1.54, 1.807) is 12.3 Å². The zero-order valence-corrected chi connectivity index (χ0v) is 14.2. The van der Waals surface area contributed by atoms with E-state index in [0.717, 1.165) is 53.3 Å². The van der Waals surface area contributed by atoms with Gasteiger partial charge in [-0.1, -0.05) is 12.1 Å². The lowest BCUT2D eigenvalue weighted by molar-refractivity contribution is 0.248. The van der Waals surface area contributed by atoms with Gasteiger partial charge in [-0.05, 0) is 66.5 Å². The molecular weight excluding hydrogens is 331 g/mol. The van der Waals surface area contributed by atoms with E-state index in [4.69, 9.17) is 0 Å². The van der Waals surface area contributed by atoms with Gasteiger partial charge >= 0.3 is 6.03 Å². The van der Waals surface area contributed by atoms with Crippen molar-refractivity contribution in [3.8, 4) is 0 Å². The standard InChI is InChI=1S/C20H19FN4O/c21-15-8-6-12-13(19(15)11-4-5-11)7-9-17(12)24-20(26)23-16-2-1-3-18-14(16)10-22-25-18/h1-3,6,8,10-11,17H,4-5,7,9H2,(H,22,25)(H2,23,24,26). The second kappa shape index (κ2) is 5.83. The number of hydrogen-bond donors (Lipinski definition) is 3. The number of H-pyrrole nitrogens is 1. The molecular formula is C20H19FN4O. The molecule has 5 rings (SSSR count). The molecule has 1 aromatic heterocycles. The van der Waals surface area contributed by atoms with Gasteiger partial charge in [0.2, 0.25) is 0 Å². The minimum absolute atomic E-state index is 0.0772. The molecule has 2 aromatic carbocycles. The number of nitrogens with zero attached hydrogens (tertiary/aromatic N) is 1. The van der Waals surface area contributed by atoms with E-state index in [1.807, 2.05) is 24.3 Å². The van der Waals surface area contributed by atoms with Crippen LogP contribution in [0.25, 0.3) is 10.9 Å². The molecule has 5 nitrogen and oxygen atoms in total. The van der Waals surface area contributed by atoms with Crippen LogP contribution in [0.3, 0.4) is 0 Å². The predicted molar refractivity (Wildman–Crippen MR) is 97.7 cm³/mol. The molecule has 3 N–H and O–H groups in total. The Labute approximate surface area is 150 Å². The number of aromatic nitrogens is 2. The molecule has 1 unspecified atom stereocenters. The minimum Gasteiger partial charge on any atom is -0.331 e. The zero-order chi connectivity index (χ0) is 17.7. The molecule has 1 saturated carbocycles. The average Bonchev–Trinajstić information content (AvgIpc) is 3.19. The maximum Gasteiger partial charge on any atom is 0.319 e. The molecule has 3 aromatic rings. The van der Waals surface area contributed by atoms with Crippen molar-refractivity contribution in [2.75, 3.05) is 5.32 Å². The van der Waals surface area contributed by atoms with Crippen molar-refractivity contribution in [2.45, 2.75) is 37.6 Å². The summed E-state index contributed by atoms with van der Waals surface area (Å²) in [5.41, 5.74) is 4.64. The van der Waals surface area contributed by atoms with E-state index in [1.165, 1.54) is 0 Å². The fraction of sp³-hybridized carbons (Fsp3) is 0.300. The van der Waals surface area contributed by atoms with Crippen LogP contribution in [-0.2, 0) is 6.42 Å². The van der Waals surface area contributed by atoms with Gasteiger partial charge in [0, 0.05) is 5.39 Å². The highest BCUT2D eigenvalue weighted by Crippen LogP contribution is 2.47. The van der Waals surface area contributed by atoms with E-state index < -0.39 is 0 Å². The van der Waals surface area contributed by atoms with E-state index in [-0.39, 0.29) is 17.9 Å². The van der Waals surface area contributed by atoms with Crippen LogP contribution in [0, 0.1) is 5.82 Å². The Hall–Kier alpha value is -2.89. The van der Waals surface area contributed by atoms with Crippen LogP contribution in [0.2, 0.25) is 0 Å². The summed E-state index contributed by atoms with van der Waals surface area (Å²) in [6, 6.07) is 8.67. The molecule has 132 valence electrons. The number of halogens is 1. The van der Waals surface area contributed by atoms with E-state index >= 15 is 0 Å². The molecule has 1 atom stereocenters. The van der Waals surface area contributed by atoms with Crippen LogP contribution in [0.1, 0.15) is 47.9 Å². The van der Waals surface area contributed by atoms with Crippen molar-refractivity contribution < 1.29 is 9.18 Å². The third-order valence-electron chi connectivity index (χ3n) is 5.42. The lowest BCUT2D eigenvalue weighted by atomic mass is 9.98. The topological polar surface area (TPSA) is 69.8 Å². The van der Waals surface area contributed by atoms with Crippen LogP contribution >= 0.6 is 0 Å². The van der Waals surface area contributed by atoms with Crippen molar-refractivity contribution in [3.05, 3.63) is 59.0 Å². The van der Waals surface area contributed by atoms with Crippen LogP contribution in [0.5, 0.6) is 0 Å². The maximum absolute atomic E-state index is 14.2. The first-order valence-electron chi connectivity index (χ1n) is 9.01. The van der Waals surface area contributed by atoms with E-state index in [9.17, 15) is 9.18 Å². The lowest BCUT2D eigenvalue weighted by Crippen LogP contribution is -2.31. The molecule has 0 radical (unpaired) electrons. The van der Waals surface area contributed by atoms with Crippen molar-refractivity contribution >= 4 is 22.6 Å². The van der Waals surface area contributed by atoms with Crippen molar-refractivity contribution in [1.82, 2.24) is 15.5 Å². The number of rotatable bonds is 3. The summed E-state index contributed by atoms with van der Waals surface area (Å²) < 4.78 is 14.2. The third-order valence-corrected chi connectivity index (χ3v) is 5.42. The number of anilines is 1. The first-order chi connectivity index (χ1) is 12.7. The molecule has 0 spiro atoms. The molecule has 1 heterocycles. The van der Waals surface area contributed by atoms with Crippen molar-refractivity contribution in [1.29, 1.82) is 0 Å². The zero-order valence-electron chi connectivity index (χ0n) is 14.2. The van der Waals surface area contributed by atoms with Gasteiger partial charge in [0.25, 0.3) is 0 Å². The highest BCUT2D eigenvalue weighted by Gasteiger charge is 2.34. The number of urea groups is 1. The smallest absolute Gasteiger partial charge is 0.319 e. The lowest BCUT2D eigenvalue weighted by Gasteiger charge is -2.16. The molecule has 1 fully saturated rings. The number of nitrogens with one attached hydrogen (secondary N) is 3. The molecule has 2 amide bonds. The van der Waals surface area contributed by atoms with Gasteiger partial charge in [0.05, 0.1) is 23.4 Å². The third kappa shape index (κ3) is 2.53. The van der Waals surface area contributed by atoms with Crippen LogP contribution in [-0.4, -0.2) is 16.2 Å². The van der Waals surface area contributed by atoms with Gasteiger partial charge in [-0.3, -0.25) is 5.10 Å². The van der Waals surface area contributed by atoms with Gasteiger partial charge in [0.1, 0.15) is 5.82 Å². The Morgan fingerprint density at radius 2 is 2.08 bits per heavy atom. The summed E-state index contributed by atoms with van der Waals surface area (Å²) in [5.74, 6) is 0.277. The minimum atomic E-state index is -0.256. The van der Waals surface area contributed by atoms with Crippen LogP contribution < -0.4 is 10.6 Å². The van der Waals surface area contributed by atoms with E-state index in [2.05, 4.69) is 20.8 Å². The van der Waals surface area contributed by atoms with Crippen molar-refractivity contribution in [3.63, 3.8) is 0 Å². The Kier molecular flexibility index (Phi) is 3.45. The number of hydrogen-bond acceptors (Lipinski definition) is 2. The number of aromatic amines is 1. The molecule has 6 heteroatoms. The predicted octanol–water partition coefficient (Wildman–Crippen LogP) is 4.39. The van der Waals surface area contributed by atoms with Gasteiger partial charge < -0.3 is 10.6 Å². The summed E-state index contributed by atoms with van der Waals surface area (Å²) in [6.45, 7) is 0. The first kappa shape index (κ1) is 15.4. The molecule has 0 bridgehead atoms. The van der Waals surface area contributed by atoms with Gasteiger partial charge in [0.15, 0.2) is 0 Å². The molecule has 26 heavy (non-hydrogen) atoms. The Morgan fingerprint density at radius 3 is 2.92 bits per heavy atom. The number of amides is 2. The molecule has 0 aliphatic heterocycles. The Morgan fingerprint density at radius 1 is 1.19 bits per heavy atom. The van der Waals surface area contributed by atoms with Gasteiger partial charge in [-0.2, -0.15) is 5.10 Å². The summed E-state index contributed by atoms with van der Waals surface area (Å²) in [4.78, 5) is 12.5. The first-order valence-corrected chi connectivity index (χ1v) is 9.01. The monoisotopic (exact) mass is 350 g/mol. The fourth-order valence-electron chi connectivity index (χ4n) is 4.06. The largest absolute Gasteiger partial charge is 0.331 e. The van der Waals surface area contributed by atoms with E-state index in [0.29, 0.717) is 11.6 Å². The summed E-state index contributed by atoms with van der Waals surface area (Å²) in [5, 5.41) is 13.7. The fourth-order valence-corrected chi connectivity index (χ4v) is 4.06. The molecule has 2 aliphatic carbocycles. The Balaban J connectivity index is 1.36. The second-order valence-electron chi connectivity index (χ2n) is 7.13. The SMILES string of the molecule is O=C(Nc1cccc2[nH]ncc12)NC1CCc2c1ccc(F)c2C1CC1. The quantitative estimate of drug-likeness (QED) is 0.656. The van der Waals surface area contributed by atoms with Gasteiger partial charge in [-0.15, -0.1) is 0 Å². The van der Waals surface area contributed by atoms with Crippen LogP contribution in [0.4, 0.5) is 14.9 Å². The summed E-state index contributed by atoms with van der Waals surface area (Å²) >= 11 is 0. The number of carbonyl (C=O) groups is 1. The average molecular weight is 350 g/mol. The summed E-state index contributed by atoms with van der Waals surface area (Å²) in [7, 11) is 0. The summed E-state index contributed by atoms with van der Waals surface area (Å²) in [6.07, 6.45) is 5.46. The highest BCUT2D eigenvalue weighted by atomic mass is 19.1. The van der Waals surface area contributed by atoms with Crippen LogP contribution in [0.15, 0.2) is 36.5 Å². The normalized spacial score (nSPS) is 18.7. The number of benzene rings is 2. The molecule has 0 saturated heterocycles. The second-order valence-corrected chi connectivity index (χ2v) is 7.13. The Bertz CT molecular complexity index is 1010. The van der Waals surface area contributed by atoms with Gasteiger partial charge in [-0.25, -0.2) is 9.18 Å².